The van der Waals surface area contributed by atoms with Crippen molar-refractivity contribution < 1.29 is 28.9 Å². The fourth-order valence-corrected chi connectivity index (χ4v) is 2.36. The Labute approximate surface area is 115 Å². The lowest BCUT2D eigenvalue weighted by Gasteiger charge is -2.27. The maximum Gasteiger partial charge on any atom is 0.304 e. The first-order chi connectivity index (χ1) is 9.33. The van der Waals surface area contributed by atoms with Crippen LogP contribution in [0.25, 0.3) is 0 Å². The van der Waals surface area contributed by atoms with Gasteiger partial charge >= 0.3 is 5.97 Å². The van der Waals surface area contributed by atoms with E-state index in [4.69, 9.17) is 14.6 Å². The summed E-state index contributed by atoms with van der Waals surface area (Å²) in [6.45, 7) is 3.98. The minimum absolute atomic E-state index is 0.136. The van der Waals surface area contributed by atoms with E-state index in [1.807, 2.05) is 0 Å². The molecule has 0 radical (unpaired) electrons. The molecule has 1 aliphatic heterocycles. The summed E-state index contributed by atoms with van der Waals surface area (Å²) in [7, 11) is 0. The molecule has 0 unspecified atom stereocenters. The Balaban J connectivity index is 2.61. The Kier molecular flexibility index (Phi) is 3.74. The molecule has 0 aliphatic carbocycles. The van der Waals surface area contributed by atoms with Gasteiger partial charge in [0.25, 0.3) is 0 Å². The molecule has 2 rings (SSSR count). The highest BCUT2D eigenvalue weighted by Gasteiger charge is 2.35. The Morgan fingerprint density at radius 1 is 1.40 bits per heavy atom. The zero-order valence-corrected chi connectivity index (χ0v) is 11.4. The van der Waals surface area contributed by atoms with E-state index in [1.165, 1.54) is 0 Å². The second-order valence-electron chi connectivity index (χ2n) is 5.41. The predicted octanol–water partition coefficient (Wildman–Crippen LogP) is 2.44. The van der Waals surface area contributed by atoms with Crippen LogP contribution in [0.5, 0.6) is 17.2 Å². The predicted molar refractivity (Wildman–Crippen MR) is 69.0 cm³/mol. The summed E-state index contributed by atoms with van der Waals surface area (Å²) in [5.41, 5.74) is -0.854. The van der Waals surface area contributed by atoms with Crippen LogP contribution >= 0.6 is 0 Å². The normalized spacial score (nSPS) is 14.8. The Bertz CT molecular complexity index is 539. The number of fused-ring (bicyclic) bond motifs is 1. The molecule has 6 heteroatoms. The van der Waals surface area contributed by atoms with Crippen LogP contribution in [-0.2, 0) is 10.2 Å². The van der Waals surface area contributed by atoms with Gasteiger partial charge in [0.1, 0.15) is 0 Å². The maximum absolute atomic E-state index is 13.8. The molecule has 2 N–H and O–H groups in total. The number of hydrogen-bond acceptors (Lipinski definition) is 4. The number of ether oxygens (including phenoxy) is 2. The Morgan fingerprint density at radius 3 is 2.70 bits per heavy atom. The molecule has 0 bridgehead atoms. The third-order valence-electron chi connectivity index (χ3n) is 3.23. The van der Waals surface area contributed by atoms with Crippen molar-refractivity contribution in [3.05, 3.63) is 17.4 Å². The summed E-state index contributed by atoms with van der Waals surface area (Å²) in [5.74, 6) is -2.04. The van der Waals surface area contributed by atoms with Crippen LogP contribution in [0.2, 0.25) is 0 Å². The van der Waals surface area contributed by atoms with Crippen LogP contribution in [0.1, 0.15) is 32.3 Å². The van der Waals surface area contributed by atoms with Gasteiger partial charge in [0.15, 0.2) is 23.1 Å². The number of aliphatic carboxylic acids is 1. The second-order valence-corrected chi connectivity index (χ2v) is 5.41. The quantitative estimate of drug-likeness (QED) is 0.891. The lowest BCUT2D eigenvalue weighted by Crippen LogP contribution is -2.23. The average Bonchev–Trinajstić information content (AvgIpc) is 2.53. The molecule has 0 saturated carbocycles. The van der Waals surface area contributed by atoms with Crippen LogP contribution in [0, 0.1) is 5.82 Å². The molecule has 20 heavy (non-hydrogen) atoms. The maximum atomic E-state index is 13.8. The van der Waals surface area contributed by atoms with Crippen molar-refractivity contribution in [2.75, 3.05) is 13.2 Å². The lowest BCUT2D eigenvalue weighted by atomic mass is 9.80. The summed E-state index contributed by atoms with van der Waals surface area (Å²) in [4.78, 5) is 11.0. The number of aromatic hydroxyl groups is 1. The Morgan fingerprint density at radius 2 is 2.05 bits per heavy atom. The SMILES string of the molecule is CC(C)(CC(=O)O)c1c(O)c(F)cc2c1OCCCO2. The molecule has 0 atom stereocenters. The van der Waals surface area contributed by atoms with Crippen LogP contribution in [0.4, 0.5) is 4.39 Å². The van der Waals surface area contributed by atoms with Crippen molar-refractivity contribution in [1.29, 1.82) is 0 Å². The molecule has 1 heterocycles. The van der Waals surface area contributed by atoms with E-state index in [9.17, 15) is 14.3 Å². The molecule has 5 nitrogen and oxygen atoms in total. The van der Waals surface area contributed by atoms with Crippen LogP contribution in [-0.4, -0.2) is 29.4 Å². The zero-order chi connectivity index (χ0) is 14.9. The van der Waals surface area contributed by atoms with Crippen molar-refractivity contribution >= 4 is 5.97 Å². The van der Waals surface area contributed by atoms with Crippen LogP contribution in [0.15, 0.2) is 6.07 Å². The largest absolute Gasteiger partial charge is 0.505 e. The van der Waals surface area contributed by atoms with Gasteiger partial charge in [-0.2, -0.15) is 0 Å². The first-order valence-corrected chi connectivity index (χ1v) is 6.36. The van der Waals surface area contributed by atoms with E-state index in [2.05, 4.69) is 0 Å². The summed E-state index contributed by atoms with van der Waals surface area (Å²) < 4.78 is 24.8. The summed E-state index contributed by atoms with van der Waals surface area (Å²) in [5, 5.41) is 19.0. The molecule has 0 saturated heterocycles. The minimum atomic E-state index is -1.04. The fourth-order valence-electron chi connectivity index (χ4n) is 2.36. The highest BCUT2D eigenvalue weighted by Crippen LogP contribution is 2.47. The van der Waals surface area contributed by atoms with E-state index in [1.54, 1.807) is 13.8 Å². The van der Waals surface area contributed by atoms with Crippen molar-refractivity contribution in [3.8, 4) is 17.2 Å². The smallest absolute Gasteiger partial charge is 0.304 e. The van der Waals surface area contributed by atoms with Crippen molar-refractivity contribution in [2.24, 2.45) is 0 Å². The van der Waals surface area contributed by atoms with E-state index in [0.717, 1.165) is 6.07 Å². The van der Waals surface area contributed by atoms with Gasteiger partial charge in [-0.1, -0.05) is 13.8 Å². The van der Waals surface area contributed by atoms with Gasteiger partial charge in [-0.15, -0.1) is 0 Å². The van der Waals surface area contributed by atoms with Gasteiger partial charge < -0.3 is 19.7 Å². The first-order valence-electron chi connectivity index (χ1n) is 6.36. The topological polar surface area (TPSA) is 76.0 Å². The number of rotatable bonds is 3. The fraction of sp³-hybridized carbons (Fsp3) is 0.500. The zero-order valence-electron chi connectivity index (χ0n) is 11.4. The molecule has 1 aromatic carbocycles. The molecule has 0 aromatic heterocycles. The highest BCUT2D eigenvalue weighted by atomic mass is 19.1. The molecule has 0 amide bonds. The monoisotopic (exact) mass is 284 g/mol. The van der Waals surface area contributed by atoms with Gasteiger partial charge in [0.05, 0.1) is 19.6 Å². The van der Waals surface area contributed by atoms with Crippen molar-refractivity contribution in [1.82, 2.24) is 0 Å². The van der Waals surface area contributed by atoms with Crippen molar-refractivity contribution in [2.45, 2.75) is 32.1 Å². The minimum Gasteiger partial charge on any atom is -0.505 e. The highest BCUT2D eigenvalue weighted by molar-refractivity contribution is 5.70. The van der Waals surface area contributed by atoms with E-state index in [-0.39, 0.29) is 23.5 Å². The molecular formula is C14H17FO5. The van der Waals surface area contributed by atoms with Gasteiger partial charge in [-0.25, -0.2) is 4.39 Å². The van der Waals surface area contributed by atoms with E-state index < -0.39 is 23.0 Å². The van der Waals surface area contributed by atoms with Gasteiger partial charge in [-0.3, -0.25) is 4.79 Å². The molecular weight excluding hydrogens is 267 g/mol. The lowest BCUT2D eigenvalue weighted by molar-refractivity contribution is -0.138. The summed E-state index contributed by atoms with van der Waals surface area (Å²) in [6, 6.07) is 1.07. The number of halogens is 1. The second kappa shape index (κ2) is 5.19. The summed E-state index contributed by atoms with van der Waals surface area (Å²) >= 11 is 0. The number of phenolic OH excluding ortho intramolecular Hbond substituents is 1. The molecule has 0 fully saturated rings. The third-order valence-corrected chi connectivity index (χ3v) is 3.23. The molecule has 110 valence electrons. The third kappa shape index (κ3) is 2.64. The number of carboxylic acids is 1. The number of carboxylic acid groups (broad SMARTS) is 1. The van der Waals surface area contributed by atoms with E-state index >= 15 is 0 Å². The van der Waals surface area contributed by atoms with Gasteiger partial charge in [0, 0.05) is 23.5 Å². The van der Waals surface area contributed by atoms with Gasteiger partial charge in [-0.05, 0) is 0 Å². The molecule has 1 aromatic rings. The van der Waals surface area contributed by atoms with Crippen molar-refractivity contribution in [3.63, 3.8) is 0 Å². The number of phenols is 1. The Hall–Kier alpha value is -1.98. The summed E-state index contributed by atoms with van der Waals surface area (Å²) in [6.07, 6.45) is 0.371. The first kappa shape index (κ1) is 14.4. The standard InChI is InChI=1S/C14H17FO5/c1-14(2,7-10(16)17)11-12(18)8(15)6-9-13(11)20-5-3-4-19-9/h6,18H,3-5,7H2,1-2H3,(H,16,17). The van der Waals surface area contributed by atoms with Crippen LogP contribution in [0.3, 0.4) is 0 Å². The number of benzene rings is 1. The van der Waals surface area contributed by atoms with E-state index in [0.29, 0.717) is 19.6 Å². The number of hydrogen-bond donors (Lipinski definition) is 2. The van der Waals surface area contributed by atoms with Gasteiger partial charge in [0.2, 0.25) is 0 Å². The average molecular weight is 284 g/mol. The number of carbonyl (C=O) groups is 1. The van der Waals surface area contributed by atoms with Crippen LogP contribution < -0.4 is 9.47 Å². The molecule has 1 aliphatic rings. The molecule has 0 spiro atoms.